The Bertz CT molecular complexity index is 65.4. The van der Waals surface area contributed by atoms with Crippen molar-refractivity contribution < 1.29 is 5.11 Å². The predicted molar refractivity (Wildman–Crippen MR) is 37.1 cm³/mol. The maximum absolute atomic E-state index is 8.29. The smallest absolute Gasteiger partial charge is 0.0618 e. The van der Waals surface area contributed by atoms with Gasteiger partial charge in [0.2, 0.25) is 0 Å². The molecule has 1 atom stereocenters. The summed E-state index contributed by atoms with van der Waals surface area (Å²) < 4.78 is 0. The van der Waals surface area contributed by atoms with Crippen molar-refractivity contribution in [3.05, 3.63) is 12.2 Å². The molecule has 50 valence electrons. The highest BCUT2D eigenvalue weighted by molar-refractivity contribution is 5.85. The second-order valence-electron chi connectivity index (χ2n) is 1.37. The monoisotopic (exact) mass is 137 g/mol. The number of allylic oxidation sites excluding steroid dienone is 1. The van der Waals surface area contributed by atoms with Crippen LogP contribution in [0.25, 0.3) is 0 Å². The molecule has 2 nitrogen and oxygen atoms in total. The molecule has 0 aliphatic rings. The molecule has 0 fully saturated rings. The average molecular weight is 138 g/mol. The number of halogens is 1. The second-order valence-corrected chi connectivity index (χ2v) is 1.37. The minimum atomic E-state index is -0.176. The Labute approximate surface area is 55.8 Å². The summed E-state index contributed by atoms with van der Waals surface area (Å²) in [6, 6.07) is -0.176. The third-order valence-electron chi connectivity index (χ3n) is 0.650. The molecule has 0 bridgehead atoms. The fraction of sp³-hybridized carbons (Fsp3) is 0.600. The van der Waals surface area contributed by atoms with Crippen molar-refractivity contribution in [1.82, 2.24) is 0 Å². The lowest BCUT2D eigenvalue weighted by molar-refractivity contribution is 0.284. The van der Waals surface area contributed by atoms with E-state index < -0.39 is 0 Å². The molecule has 0 heterocycles. The van der Waals surface area contributed by atoms with Gasteiger partial charge in [0, 0.05) is 6.04 Å². The molecule has 8 heavy (non-hydrogen) atoms. The lowest BCUT2D eigenvalue weighted by atomic mass is 10.3. The van der Waals surface area contributed by atoms with Gasteiger partial charge in [0.15, 0.2) is 0 Å². The van der Waals surface area contributed by atoms with Gasteiger partial charge >= 0.3 is 0 Å². The molecule has 0 aliphatic carbocycles. The van der Waals surface area contributed by atoms with E-state index in [1.165, 1.54) is 0 Å². The summed E-state index contributed by atoms with van der Waals surface area (Å²) in [6.07, 6.45) is 3.57. The standard InChI is InChI=1S/C5H11NO.ClH/c1-2-3-5(6)4-7;/h2-3,5,7H,4,6H2,1H3;1H/b3-2+;/t5-;/m0./s1. The highest BCUT2D eigenvalue weighted by Crippen LogP contribution is 1.76. The number of hydrogen-bond acceptors (Lipinski definition) is 2. The lowest BCUT2D eigenvalue weighted by Crippen LogP contribution is -2.20. The van der Waals surface area contributed by atoms with Gasteiger partial charge in [-0.05, 0) is 6.92 Å². The normalized spacial score (nSPS) is 13.4. The van der Waals surface area contributed by atoms with Crippen LogP contribution in [-0.4, -0.2) is 17.8 Å². The topological polar surface area (TPSA) is 46.2 Å². The van der Waals surface area contributed by atoms with Crippen molar-refractivity contribution >= 4 is 12.4 Å². The number of aliphatic hydroxyl groups is 1. The number of hydrogen-bond donors (Lipinski definition) is 2. The molecule has 0 unspecified atom stereocenters. The second kappa shape index (κ2) is 6.95. The number of nitrogens with two attached hydrogens (primary N) is 1. The largest absolute Gasteiger partial charge is 0.394 e. The van der Waals surface area contributed by atoms with Crippen molar-refractivity contribution in [3.63, 3.8) is 0 Å². The molecule has 0 aromatic rings. The Morgan fingerprint density at radius 1 is 1.75 bits per heavy atom. The average Bonchev–Trinajstić information content (AvgIpc) is 1.68. The molecule has 0 saturated heterocycles. The fourth-order valence-electron chi connectivity index (χ4n) is 0.308. The van der Waals surface area contributed by atoms with Crippen LogP contribution in [0.1, 0.15) is 6.92 Å². The van der Waals surface area contributed by atoms with Gasteiger partial charge < -0.3 is 10.8 Å². The van der Waals surface area contributed by atoms with Crippen LogP contribution in [0.4, 0.5) is 0 Å². The molecule has 0 radical (unpaired) electrons. The van der Waals surface area contributed by atoms with E-state index in [2.05, 4.69) is 0 Å². The van der Waals surface area contributed by atoms with Crippen LogP contribution >= 0.6 is 12.4 Å². The molecular formula is C5H12ClNO. The molecule has 0 aromatic heterocycles. The van der Waals surface area contributed by atoms with Crippen molar-refractivity contribution in [3.8, 4) is 0 Å². The summed E-state index contributed by atoms with van der Waals surface area (Å²) in [6.45, 7) is 1.90. The molecule has 0 aliphatic heterocycles. The molecule has 0 amide bonds. The predicted octanol–water partition coefficient (Wildman–Crippen LogP) is 0.304. The first-order chi connectivity index (χ1) is 3.31. The van der Waals surface area contributed by atoms with E-state index in [9.17, 15) is 0 Å². The lowest BCUT2D eigenvalue weighted by Gasteiger charge is -1.95. The van der Waals surface area contributed by atoms with E-state index in [0.717, 1.165) is 0 Å². The van der Waals surface area contributed by atoms with Gasteiger partial charge in [-0.2, -0.15) is 0 Å². The van der Waals surface area contributed by atoms with E-state index in [4.69, 9.17) is 10.8 Å². The van der Waals surface area contributed by atoms with Crippen LogP contribution in [0.5, 0.6) is 0 Å². The summed E-state index contributed by atoms with van der Waals surface area (Å²) in [5.41, 5.74) is 5.25. The van der Waals surface area contributed by atoms with Gasteiger partial charge in [-0.25, -0.2) is 0 Å². The maximum atomic E-state index is 8.29. The van der Waals surface area contributed by atoms with Crippen molar-refractivity contribution in [2.45, 2.75) is 13.0 Å². The van der Waals surface area contributed by atoms with Crippen LogP contribution in [-0.2, 0) is 0 Å². The fourth-order valence-corrected chi connectivity index (χ4v) is 0.308. The summed E-state index contributed by atoms with van der Waals surface area (Å²) in [5, 5.41) is 8.29. The van der Waals surface area contributed by atoms with Gasteiger partial charge in [-0.15, -0.1) is 12.4 Å². The Balaban J connectivity index is 0. The SMILES string of the molecule is C/C=C/[C@H](N)CO.Cl. The maximum Gasteiger partial charge on any atom is 0.0618 e. The Kier molecular flexibility index (Phi) is 9.42. The van der Waals surface area contributed by atoms with E-state index in [-0.39, 0.29) is 25.1 Å². The molecule has 0 spiro atoms. The third kappa shape index (κ3) is 5.95. The molecular weight excluding hydrogens is 126 g/mol. The van der Waals surface area contributed by atoms with Gasteiger partial charge in [-0.1, -0.05) is 12.2 Å². The van der Waals surface area contributed by atoms with Crippen molar-refractivity contribution in [2.24, 2.45) is 5.73 Å². The third-order valence-corrected chi connectivity index (χ3v) is 0.650. The number of aliphatic hydroxyl groups excluding tert-OH is 1. The van der Waals surface area contributed by atoms with Crippen LogP contribution in [0.15, 0.2) is 12.2 Å². The minimum Gasteiger partial charge on any atom is -0.394 e. The van der Waals surface area contributed by atoms with Crippen molar-refractivity contribution in [1.29, 1.82) is 0 Å². The Morgan fingerprint density at radius 3 is 2.38 bits per heavy atom. The first-order valence-corrected chi connectivity index (χ1v) is 2.30. The molecule has 3 N–H and O–H groups in total. The molecule has 0 rings (SSSR count). The Hall–Kier alpha value is -0.0500. The summed E-state index contributed by atoms with van der Waals surface area (Å²) in [7, 11) is 0. The highest BCUT2D eigenvalue weighted by Gasteiger charge is 1.87. The minimum absolute atomic E-state index is 0. The van der Waals surface area contributed by atoms with E-state index in [0.29, 0.717) is 0 Å². The van der Waals surface area contributed by atoms with E-state index in [1.807, 2.05) is 13.0 Å². The zero-order valence-corrected chi connectivity index (χ0v) is 5.69. The first kappa shape index (κ1) is 10.8. The quantitative estimate of drug-likeness (QED) is 0.538. The van der Waals surface area contributed by atoms with E-state index >= 15 is 0 Å². The van der Waals surface area contributed by atoms with E-state index in [1.54, 1.807) is 6.08 Å². The van der Waals surface area contributed by atoms with Crippen molar-refractivity contribution in [2.75, 3.05) is 6.61 Å². The summed E-state index contributed by atoms with van der Waals surface area (Å²) >= 11 is 0. The van der Waals surface area contributed by atoms with Gasteiger partial charge in [0.1, 0.15) is 0 Å². The number of rotatable bonds is 2. The van der Waals surface area contributed by atoms with Crippen LogP contribution in [0.3, 0.4) is 0 Å². The highest BCUT2D eigenvalue weighted by atomic mass is 35.5. The van der Waals surface area contributed by atoms with Gasteiger partial charge in [-0.3, -0.25) is 0 Å². The summed E-state index contributed by atoms with van der Waals surface area (Å²) in [4.78, 5) is 0. The molecule has 3 heteroatoms. The molecule has 0 aromatic carbocycles. The van der Waals surface area contributed by atoms with Crippen LogP contribution in [0.2, 0.25) is 0 Å². The van der Waals surface area contributed by atoms with Gasteiger partial charge in [0.05, 0.1) is 6.61 Å². The first-order valence-electron chi connectivity index (χ1n) is 2.30. The van der Waals surface area contributed by atoms with Crippen LogP contribution in [0, 0.1) is 0 Å². The zero-order chi connectivity index (χ0) is 5.70. The Morgan fingerprint density at radius 2 is 2.25 bits per heavy atom. The van der Waals surface area contributed by atoms with Gasteiger partial charge in [0.25, 0.3) is 0 Å². The zero-order valence-electron chi connectivity index (χ0n) is 4.87. The molecule has 0 saturated carbocycles. The van der Waals surface area contributed by atoms with Crippen LogP contribution < -0.4 is 5.73 Å². The summed E-state index contributed by atoms with van der Waals surface area (Å²) in [5.74, 6) is 0.